The van der Waals surface area contributed by atoms with E-state index >= 15 is 0 Å². The maximum absolute atomic E-state index is 10.8. The molecule has 80 valence electrons. The summed E-state index contributed by atoms with van der Waals surface area (Å²) in [6.07, 6.45) is 0.548. The van der Waals surface area contributed by atoms with Crippen LogP contribution >= 0.6 is 0 Å². The first kappa shape index (κ1) is 10.9. The zero-order valence-electron chi connectivity index (χ0n) is 7.89. The van der Waals surface area contributed by atoms with Crippen LogP contribution in [0.3, 0.4) is 0 Å². The largest absolute Gasteiger partial charge is 0.481 e. The first-order valence-electron chi connectivity index (χ1n) is 4.45. The zero-order valence-corrected chi connectivity index (χ0v) is 7.89. The molecular formula is C8H13NO5. The Hall–Kier alpha value is -1.14. The second kappa shape index (κ2) is 3.93. The molecule has 0 radical (unpaired) electrons. The van der Waals surface area contributed by atoms with Crippen molar-refractivity contribution in [2.75, 3.05) is 6.54 Å². The number of carboxylic acids is 2. The number of hydrogen-bond donors (Lipinski definition) is 2. The summed E-state index contributed by atoms with van der Waals surface area (Å²) in [5.74, 6) is -2.13. The molecule has 1 aliphatic rings. The van der Waals surface area contributed by atoms with E-state index in [1.165, 1.54) is 5.06 Å². The lowest BCUT2D eigenvalue weighted by molar-refractivity contribution is -0.144. The van der Waals surface area contributed by atoms with Gasteiger partial charge in [0.05, 0.1) is 6.42 Å². The number of carbonyl (C=O) groups is 2. The molecule has 0 saturated carbocycles. The highest BCUT2D eigenvalue weighted by atomic mass is 16.9. The minimum atomic E-state index is -1.38. The second-order valence-electron chi connectivity index (χ2n) is 3.18. The van der Waals surface area contributed by atoms with Crippen LogP contribution in [0.2, 0.25) is 0 Å². The molecule has 0 aromatic rings. The van der Waals surface area contributed by atoms with Crippen molar-refractivity contribution >= 4 is 11.9 Å². The Kier molecular flexibility index (Phi) is 3.07. The molecule has 1 rings (SSSR count). The van der Waals surface area contributed by atoms with Crippen molar-refractivity contribution < 1.29 is 24.6 Å². The highest BCUT2D eigenvalue weighted by Gasteiger charge is 2.61. The Labute approximate surface area is 81.0 Å². The van der Waals surface area contributed by atoms with Gasteiger partial charge in [-0.3, -0.25) is 9.63 Å². The minimum absolute atomic E-state index is 0.0162. The van der Waals surface area contributed by atoms with E-state index in [-0.39, 0.29) is 12.8 Å². The standard InChI is InChI=1S/C8H13NO5/c1-2-5-9-8(14-9,7(12)13)4-3-6(10)11/h2-5H2,1H3,(H,10,11)(H,12,13)/t8-,9?/m1/s1. The summed E-state index contributed by atoms with van der Waals surface area (Å²) in [5, 5.41) is 18.6. The molecule has 1 fully saturated rings. The molecule has 2 atom stereocenters. The predicted octanol–water partition coefficient (Wildman–Crippen LogP) is 0.289. The number of aliphatic carboxylic acids is 2. The van der Waals surface area contributed by atoms with Crippen molar-refractivity contribution in [2.24, 2.45) is 0 Å². The van der Waals surface area contributed by atoms with Crippen molar-refractivity contribution in [1.29, 1.82) is 0 Å². The van der Waals surface area contributed by atoms with E-state index < -0.39 is 17.7 Å². The fourth-order valence-electron chi connectivity index (χ4n) is 1.29. The van der Waals surface area contributed by atoms with Gasteiger partial charge in [-0.1, -0.05) is 6.92 Å². The van der Waals surface area contributed by atoms with Crippen LogP contribution in [0.4, 0.5) is 0 Å². The summed E-state index contributed by atoms with van der Waals surface area (Å²) in [7, 11) is 0. The number of hydroxylamine groups is 2. The normalized spacial score (nSPS) is 29.9. The van der Waals surface area contributed by atoms with Gasteiger partial charge in [-0.15, -0.1) is 5.06 Å². The average Bonchev–Trinajstić information content (AvgIpc) is 2.77. The summed E-state index contributed by atoms with van der Waals surface area (Å²) >= 11 is 0. The molecule has 2 N–H and O–H groups in total. The minimum Gasteiger partial charge on any atom is -0.481 e. The van der Waals surface area contributed by atoms with Crippen molar-refractivity contribution in [3.8, 4) is 0 Å². The fraction of sp³-hybridized carbons (Fsp3) is 0.750. The molecule has 1 unspecified atom stereocenters. The summed E-state index contributed by atoms with van der Waals surface area (Å²) in [6.45, 7) is 2.40. The van der Waals surface area contributed by atoms with Crippen LogP contribution in [0.25, 0.3) is 0 Å². The molecule has 1 saturated heterocycles. The molecule has 6 nitrogen and oxygen atoms in total. The molecule has 1 aliphatic heterocycles. The Morgan fingerprint density at radius 3 is 2.50 bits per heavy atom. The van der Waals surface area contributed by atoms with Crippen LogP contribution in [0, 0.1) is 0 Å². The third-order valence-electron chi connectivity index (χ3n) is 2.07. The van der Waals surface area contributed by atoms with Gasteiger partial charge in [0.1, 0.15) is 0 Å². The van der Waals surface area contributed by atoms with E-state index in [0.29, 0.717) is 6.54 Å². The highest BCUT2D eigenvalue weighted by Crippen LogP contribution is 2.39. The average molecular weight is 203 g/mol. The number of hydrogen-bond acceptors (Lipinski definition) is 4. The van der Waals surface area contributed by atoms with Crippen LogP contribution in [-0.2, 0) is 14.4 Å². The lowest BCUT2D eigenvalue weighted by atomic mass is 10.1. The molecule has 1 heterocycles. The lowest BCUT2D eigenvalue weighted by Crippen LogP contribution is -2.30. The van der Waals surface area contributed by atoms with Crippen LogP contribution in [0.1, 0.15) is 26.2 Å². The Morgan fingerprint density at radius 2 is 2.07 bits per heavy atom. The van der Waals surface area contributed by atoms with Gasteiger partial charge in [-0.25, -0.2) is 4.79 Å². The summed E-state index contributed by atoms with van der Waals surface area (Å²) in [5.41, 5.74) is -1.38. The molecule has 0 aromatic heterocycles. The molecule has 14 heavy (non-hydrogen) atoms. The smallest absolute Gasteiger partial charge is 0.355 e. The summed E-state index contributed by atoms with van der Waals surface area (Å²) in [4.78, 5) is 26.0. The Bertz CT molecular complexity index is 254. The zero-order chi connectivity index (χ0) is 10.8. The first-order chi connectivity index (χ1) is 6.53. The van der Waals surface area contributed by atoms with Gasteiger partial charge < -0.3 is 10.2 Å². The molecular weight excluding hydrogens is 190 g/mol. The summed E-state index contributed by atoms with van der Waals surface area (Å²) < 4.78 is 0. The molecule has 6 heteroatoms. The van der Waals surface area contributed by atoms with Gasteiger partial charge in [0.2, 0.25) is 0 Å². The first-order valence-corrected chi connectivity index (χ1v) is 4.45. The maximum Gasteiger partial charge on any atom is 0.355 e. The van der Waals surface area contributed by atoms with Crippen LogP contribution in [0.15, 0.2) is 0 Å². The SMILES string of the molecule is CCCN1O[C@]1(CCC(=O)O)C(=O)O. The van der Waals surface area contributed by atoms with Crippen molar-refractivity contribution in [3.63, 3.8) is 0 Å². The lowest BCUT2D eigenvalue weighted by Gasteiger charge is -2.04. The third-order valence-corrected chi connectivity index (χ3v) is 2.07. The number of nitrogens with zero attached hydrogens (tertiary/aromatic N) is 1. The third kappa shape index (κ3) is 2.02. The monoisotopic (exact) mass is 203 g/mol. The van der Waals surface area contributed by atoms with Crippen LogP contribution in [0.5, 0.6) is 0 Å². The van der Waals surface area contributed by atoms with Crippen molar-refractivity contribution in [3.05, 3.63) is 0 Å². The molecule has 0 aliphatic carbocycles. The van der Waals surface area contributed by atoms with Crippen LogP contribution in [-0.4, -0.2) is 39.5 Å². The van der Waals surface area contributed by atoms with Crippen LogP contribution < -0.4 is 0 Å². The molecule has 0 amide bonds. The van der Waals surface area contributed by atoms with E-state index in [2.05, 4.69) is 0 Å². The second-order valence-corrected chi connectivity index (χ2v) is 3.18. The Morgan fingerprint density at radius 1 is 1.43 bits per heavy atom. The van der Waals surface area contributed by atoms with Gasteiger partial charge in [-0.05, 0) is 6.42 Å². The van der Waals surface area contributed by atoms with Gasteiger partial charge >= 0.3 is 11.9 Å². The van der Waals surface area contributed by atoms with Gasteiger partial charge in [0.25, 0.3) is 5.72 Å². The summed E-state index contributed by atoms with van der Waals surface area (Å²) in [6, 6.07) is 0. The number of rotatable bonds is 6. The Balaban J connectivity index is 2.50. The topological polar surface area (TPSA) is 90.1 Å². The van der Waals surface area contributed by atoms with E-state index in [4.69, 9.17) is 15.1 Å². The van der Waals surface area contributed by atoms with Gasteiger partial charge in [-0.2, -0.15) is 0 Å². The molecule has 0 aromatic carbocycles. The van der Waals surface area contributed by atoms with Crippen molar-refractivity contribution in [1.82, 2.24) is 5.06 Å². The predicted molar refractivity (Wildman–Crippen MR) is 45.3 cm³/mol. The van der Waals surface area contributed by atoms with E-state index in [0.717, 1.165) is 6.42 Å². The fourth-order valence-corrected chi connectivity index (χ4v) is 1.29. The molecule has 0 bridgehead atoms. The van der Waals surface area contributed by atoms with Crippen molar-refractivity contribution in [2.45, 2.75) is 31.9 Å². The highest BCUT2D eigenvalue weighted by molar-refractivity contribution is 5.79. The maximum atomic E-state index is 10.8. The van der Waals surface area contributed by atoms with E-state index in [9.17, 15) is 9.59 Å². The number of carboxylic acid groups (broad SMARTS) is 2. The van der Waals surface area contributed by atoms with Gasteiger partial charge in [0, 0.05) is 13.0 Å². The quantitative estimate of drug-likeness (QED) is 0.603. The van der Waals surface area contributed by atoms with E-state index in [1.54, 1.807) is 0 Å². The molecule has 0 spiro atoms. The van der Waals surface area contributed by atoms with Gasteiger partial charge in [0.15, 0.2) is 0 Å². The van der Waals surface area contributed by atoms with E-state index in [1.807, 2.05) is 6.92 Å².